The van der Waals surface area contributed by atoms with Gasteiger partial charge in [-0.25, -0.2) is 4.98 Å². The Morgan fingerprint density at radius 3 is 2.54 bits per heavy atom. The summed E-state index contributed by atoms with van der Waals surface area (Å²) in [6, 6.07) is 12.2. The third kappa shape index (κ3) is 5.54. The van der Waals surface area contributed by atoms with E-state index in [0.717, 1.165) is 24.2 Å². The van der Waals surface area contributed by atoms with E-state index >= 15 is 0 Å². The van der Waals surface area contributed by atoms with Crippen LogP contribution in [0, 0.1) is 6.92 Å². The van der Waals surface area contributed by atoms with Gasteiger partial charge in [-0.05, 0) is 49.6 Å². The number of nitrogens with zero attached hydrogens (tertiary/aromatic N) is 3. The van der Waals surface area contributed by atoms with Gasteiger partial charge in [-0.1, -0.05) is 44.4 Å². The normalized spacial score (nSPS) is 17.2. The van der Waals surface area contributed by atoms with Crippen molar-refractivity contribution in [3.05, 3.63) is 71.2 Å². The Morgan fingerprint density at radius 2 is 1.81 bits per heavy atom. The first-order valence-corrected chi connectivity index (χ1v) is 12.9. The van der Waals surface area contributed by atoms with E-state index in [4.69, 9.17) is 9.47 Å². The summed E-state index contributed by atoms with van der Waals surface area (Å²) >= 11 is 0. The summed E-state index contributed by atoms with van der Waals surface area (Å²) in [4.78, 5) is 32.5. The summed E-state index contributed by atoms with van der Waals surface area (Å²) in [5, 5.41) is 11.5. The monoisotopic (exact) mass is 505 g/mol. The van der Waals surface area contributed by atoms with Crippen molar-refractivity contribution in [2.24, 2.45) is 0 Å². The van der Waals surface area contributed by atoms with Gasteiger partial charge >= 0.3 is 0 Å². The van der Waals surface area contributed by atoms with Crippen LogP contribution in [0.5, 0.6) is 5.75 Å². The number of rotatable bonds is 12. The highest BCUT2D eigenvalue weighted by molar-refractivity contribution is 6.46. The number of methoxy groups -OCH3 is 1. The molecule has 0 saturated carbocycles. The van der Waals surface area contributed by atoms with Crippen LogP contribution in [-0.2, 0) is 14.3 Å². The van der Waals surface area contributed by atoms with Gasteiger partial charge in [0.1, 0.15) is 17.1 Å². The maximum atomic E-state index is 13.3. The lowest BCUT2D eigenvalue weighted by Gasteiger charge is -2.25. The van der Waals surface area contributed by atoms with Crippen molar-refractivity contribution in [3.8, 4) is 5.75 Å². The Kier molecular flexibility index (Phi) is 8.61. The summed E-state index contributed by atoms with van der Waals surface area (Å²) in [5.41, 5.74) is 2.41. The number of Topliss-reactive ketones (excluding diaryl/α,β-unsaturated/α-hetero) is 1. The smallest absolute Gasteiger partial charge is 0.295 e. The van der Waals surface area contributed by atoms with Crippen LogP contribution in [-0.4, -0.2) is 57.9 Å². The maximum absolute atomic E-state index is 13.3. The van der Waals surface area contributed by atoms with Crippen LogP contribution in [0.15, 0.2) is 54.2 Å². The van der Waals surface area contributed by atoms with Gasteiger partial charge in [0.05, 0.1) is 23.9 Å². The van der Waals surface area contributed by atoms with Gasteiger partial charge in [-0.2, -0.15) is 0 Å². The highest BCUT2D eigenvalue weighted by Gasteiger charge is 2.46. The summed E-state index contributed by atoms with van der Waals surface area (Å²) in [6.07, 6.45) is 6.83. The molecule has 37 heavy (non-hydrogen) atoms. The molecule has 1 aromatic carbocycles. The van der Waals surface area contributed by atoms with Crippen molar-refractivity contribution < 1.29 is 24.2 Å². The number of carbonyl (C=O) groups excluding carboxylic acids is 2. The average Bonchev–Trinajstić information content (AvgIpc) is 3.37. The predicted molar refractivity (Wildman–Crippen MR) is 142 cm³/mol. The Labute approximate surface area is 217 Å². The molecule has 3 heterocycles. The lowest BCUT2D eigenvalue weighted by Crippen LogP contribution is -2.31. The quantitative estimate of drug-likeness (QED) is 0.160. The number of ether oxygens (including phenoxy) is 2. The average molecular weight is 506 g/mol. The van der Waals surface area contributed by atoms with Crippen molar-refractivity contribution in [1.82, 2.24) is 14.3 Å². The molecule has 1 fully saturated rings. The van der Waals surface area contributed by atoms with E-state index in [1.807, 2.05) is 42.5 Å². The summed E-state index contributed by atoms with van der Waals surface area (Å²) in [5.74, 6) is -0.842. The molecule has 1 unspecified atom stereocenters. The summed E-state index contributed by atoms with van der Waals surface area (Å²) < 4.78 is 12.8. The van der Waals surface area contributed by atoms with Gasteiger partial charge < -0.3 is 19.5 Å². The molecule has 196 valence electrons. The number of carbonyl (C=O) groups is 2. The third-order valence-electron chi connectivity index (χ3n) is 6.68. The minimum atomic E-state index is -0.732. The fourth-order valence-corrected chi connectivity index (χ4v) is 4.83. The SMILES string of the molecule is CCCCCCOc1ccc(C2/C(=C(\O)c3c(C)nc4ccccn34)C(=O)C(=O)N2CCCOC)cc1. The van der Waals surface area contributed by atoms with Crippen molar-refractivity contribution in [3.63, 3.8) is 0 Å². The zero-order valence-corrected chi connectivity index (χ0v) is 21.8. The van der Waals surface area contributed by atoms with E-state index < -0.39 is 17.7 Å². The topological polar surface area (TPSA) is 93.4 Å². The van der Waals surface area contributed by atoms with Gasteiger partial charge in [0.2, 0.25) is 0 Å². The Morgan fingerprint density at radius 1 is 1.03 bits per heavy atom. The number of ketones is 1. The number of aryl methyl sites for hydroxylation is 1. The molecule has 0 aliphatic carbocycles. The number of aliphatic hydroxyl groups is 1. The van der Waals surface area contributed by atoms with Gasteiger partial charge in [0, 0.05) is 26.5 Å². The molecule has 1 atom stereocenters. The molecule has 2 aromatic heterocycles. The van der Waals surface area contributed by atoms with Crippen LogP contribution in [0.4, 0.5) is 0 Å². The van der Waals surface area contributed by atoms with Crippen molar-refractivity contribution >= 4 is 23.1 Å². The first kappa shape index (κ1) is 26.4. The molecule has 1 saturated heterocycles. The molecule has 0 radical (unpaired) electrons. The molecule has 8 nitrogen and oxygen atoms in total. The molecule has 0 spiro atoms. The zero-order valence-electron chi connectivity index (χ0n) is 21.8. The Hall–Kier alpha value is -3.65. The molecule has 4 rings (SSSR count). The molecule has 1 aliphatic heterocycles. The van der Waals surface area contributed by atoms with E-state index in [9.17, 15) is 14.7 Å². The van der Waals surface area contributed by atoms with Gasteiger partial charge in [0.25, 0.3) is 11.7 Å². The number of aliphatic hydroxyl groups excluding tert-OH is 1. The number of aromatic nitrogens is 2. The molecule has 3 aromatic rings. The first-order valence-electron chi connectivity index (χ1n) is 12.9. The number of unbranched alkanes of at least 4 members (excludes halogenated alkanes) is 3. The number of pyridine rings is 1. The van der Waals surface area contributed by atoms with E-state index in [1.54, 1.807) is 24.6 Å². The van der Waals surface area contributed by atoms with Crippen molar-refractivity contribution in [2.45, 2.75) is 52.0 Å². The second-order valence-corrected chi connectivity index (χ2v) is 9.29. The van der Waals surface area contributed by atoms with Crippen LogP contribution in [0.3, 0.4) is 0 Å². The number of imidazole rings is 1. The minimum Gasteiger partial charge on any atom is -0.505 e. The van der Waals surface area contributed by atoms with Crippen LogP contribution in [0.25, 0.3) is 11.4 Å². The number of benzene rings is 1. The van der Waals surface area contributed by atoms with Gasteiger partial charge in [-0.15, -0.1) is 0 Å². The van der Waals surface area contributed by atoms with Crippen LogP contribution in [0.2, 0.25) is 0 Å². The number of fused-ring (bicyclic) bond motifs is 1. The standard InChI is InChI=1S/C29H35N3O5/c1-4-5-6-9-19-37-22-14-12-21(13-15-22)26-24(28(34)29(35)32(26)17-10-18-36-3)27(33)25-20(2)30-23-11-7-8-16-31(23)25/h7-8,11-16,26,33H,4-6,9-10,17-19H2,1-3H3/b27-24+. The highest BCUT2D eigenvalue weighted by atomic mass is 16.5. The molecule has 1 amide bonds. The van der Waals surface area contributed by atoms with Crippen LogP contribution < -0.4 is 4.74 Å². The second-order valence-electron chi connectivity index (χ2n) is 9.29. The molecule has 0 bridgehead atoms. The first-order chi connectivity index (χ1) is 18.0. The third-order valence-corrected chi connectivity index (χ3v) is 6.68. The van der Waals surface area contributed by atoms with Gasteiger partial charge in [-0.3, -0.25) is 14.0 Å². The van der Waals surface area contributed by atoms with Crippen molar-refractivity contribution in [2.75, 3.05) is 26.9 Å². The molecule has 8 heteroatoms. The number of amides is 1. The highest BCUT2D eigenvalue weighted by Crippen LogP contribution is 2.40. The number of hydrogen-bond acceptors (Lipinski definition) is 6. The molecular formula is C29H35N3O5. The Balaban J connectivity index is 1.71. The summed E-state index contributed by atoms with van der Waals surface area (Å²) in [6.45, 7) is 5.36. The van der Waals surface area contributed by atoms with E-state index in [0.29, 0.717) is 43.2 Å². The molecule has 1 N–H and O–H groups in total. The maximum Gasteiger partial charge on any atom is 0.295 e. The van der Waals surface area contributed by atoms with Crippen LogP contribution in [0.1, 0.15) is 62.0 Å². The molecule has 1 aliphatic rings. The lowest BCUT2D eigenvalue weighted by atomic mass is 9.96. The Bertz CT molecular complexity index is 1280. The lowest BCUT2D eigenvalue weighted by molar-refractivity contribution is -0.140. The van der Waals surface area contributed by atoms with E-state index in [2.05, 4.69) is 11.9 Å². The fourth-order valence-electron chi connectivity index (χ4n) is 4.83. The van der Waals surface area contributed by atoms with Gasteiger partial charge in [0.15, 0.2) is 5.76 Å². The largest absolute Gasteiger partial charge is 0.505 e. The van der Waals surface area contributed by atoms with E-state index in [1.165, 1.54) is 17.7 Å². The number of likely N-dealkylation sites (tertiary alicyclic amines) is 1. The van der Waals surface area contributed by atoms with Crippen LogP contribution >= 0.6 is 0 Å². The minimum absolute atomic E-state index is 0.0596. The van der Waals surface area contributed by atoms with E-state index in [-0.39, 0.29) is 11.3 Å². The number of hydrogen-bond donors (Lipinski definition) is 1. The summed E-state index contributed by atoms with van der Waals surface area (Å²) in [7, 11) is 1.60. The zero-order chi connectivity index (χ0) is 26.4. The fraction of sp³-hybridized carbons (Fsp3) is 0.414. The second kappa shape index (κ2) is 12.1. The molecular weight excluding hydrogens is 470 g/mol. The predicted octanol–water partition coefficient (Wildman–Crippen LogP) is 5.06. The van der Waals surface area contributed by atoms with Crippen molar-refractivity contribution in [1.29, 1.82) is 0 Å².